The highest BCUT2D eigenvalue weighted by molar-refractivity contribution is 5.74. The molecule has 128 valence electrons. The van der Waals surface area contributed by atoms with Gasteiger partial charge in [0, 0.05) is 25.0 Å². The van der Waals surface area contributed by atoms with Gasteiger partial charge in [0.15, 0.2) is 0 Å². The van der Waals surface area contributed by atoms with Gasteiger partial charge in [-0.1, -0.05) is 44.5 Å². The first-order chi connectivity index (χ1) is 11.5. The van der Waals surface area contributed by atoms with E-state index >= 15 is 0 Å². The first-order valence-corrected chi connectivity index (χ1v) is 8.62. The fourth-order valence-corrected chi connectivity index (χ4v) is 3.33. The van der Waals surface area contributed by atoms with Gasteiger partial charge in [-0.3, -0.25) is 4.68 Å². The van der Waals surface area contributed by atoms with E-state index in [0.29, 0.717) is 6.54 Å². The molecule has 1 aromatic heterocycles. The Hall–Kier alpha value is -2.30. The third-order valence-corrected chi connectivity index (χ3v) is 4.94. The minimum atomic E-state index is -0.0735. The van der Waals surface area contributed by atoms with Gasteiger partial charge < -0.3 is 10.6 Å². The Labute approximate surface area is 143 Å². The summed E-state index contributed by atoms with van der Waals surface area (Å²) in [6.45, 7) is 5.76. The minimum absolute atomic E-state index is 0.0735. The van der Waals surface area contributed by atoms with Crippen LogP contribution in [-0.2, 0) is 13.1 Å². The largest absolute Gasteiger partial charge is 0.335 e. The lowest BCUT2D eigenvalue weighted by Crippen LogP contribution is -2.46. The summed E-state index contributed by atoms with van der Waals surface area (Å²) in [7, 11) is 0. The van der Waals surface area contributed by atoms with Crippen LogP contribution in [0, 0.1) is 5.41 Å². The summed E-state index contributed by atoms with van der Waals surface area (Å²) < 4.78 is 1.89. The van der Waals surface area contributed by atoms with Crippen molar-refractivity contribution >= 4 is 6.03 Å². The molecule has 1 unspecified atom stereocenters. The van der Waals surface area contributed by atoms with E-state index in [1.54, 1.807) is 6.20 Å². The van der Waals surface area contributed by atoms with E-state index in [9.17, 15) is 4.79 Å². The lowest BCUT2D eigenvalue weighted by Gasteiger charge is -2.27. The van der Waals surface area contributed by atoms with Gasteiger partial charge in [0.05, 0.1) is 6.54 Å². The van der Waals surface area contributed by atoms with E-state index in [0.717, 1.165) is 18.5 Å². The Bertz CT molecular complexity index is 661. The summed E-state index contributed by atoms with van der Waals surface area (Å²) in [5.41, 5.74) is 2.49. The SMILES string of the molecule is CC1(C)CCCC1NC(=O)NCc1ccc(Cn2cccn2)cc1. The average Bonchev–Trinajstić information content (AvgIpc) is 3.17. The smallest absolute Gasteiger partial charge is 0.315 e. The molecule has 1 atom stereocenters. The maximum Gasteiger partial charge on any atom is 0.315 e. The van der Waals surface area contributed by atoms with E-state index in [-0.39, 0.29) is 17.5 Å². The van der Waals surface area contributed by atoms with E-state index in [2.05, 4.69) is 53.8 Å². The third kappa shape index (κ3) is 4.16. The van der Waals surface area contributed by atoms with Crippen molar-refractivity contribution in [1.82, 2.24) is 20.4 Å². The summed E-state index contributed by atoms with van der Waals surface area (Å²) >= 11 is 0. The zero-order valence-corrected chi connectivity index (χ0v) is 14.5. The molecule has 0 saturated heterocycles. The number of amides is 2. The molecule has 1 aromatic carbocycles. The molecule has 1 saturated carbocycles. The summed E-state index contributed by atoms with van der Waals surface area (Å²) in [6, 6.07) is 10.4. The zero-order chi connectivity index (χ0) is 17.0. The zero-order valence-electron chi connectivity index (χ0n) is 14.5. The molecule has 2 amide bonds. The van der Waals surface area contributed by atoms with Crippen molar-refractivity contribution in [2.75, 3.05) is 0 Å². The van der Waals surface area contributed by atoms with Gasteiger partial charge in [-0.25, -0.2) is 4.79 Å². The molecule has 1 fully saturated rings. The Balaban J connectivity index is 1.47. The van der Waals surface area contributed by atoms with Crippen molar-refractivity contribution in [3.8, 4) is 0 Å². The molecular formula is C19H26N4O. The van der Waals surface area contributed by atoms with Crippen LogP contribution in [0.25, 0.3) is 0 Å². The second kappa shape index (κ2) is 7.07. The molecule has 1 aliphatic rings. The van der Waals surface area contributed by atoms with Crippen molar-refractivity contribution in [2.45, 2.75) is 52.2 Å². The number of hydrogen-bond donors (Lipinski definition) is 2. The van der Waals surface area contributed by atoms with Gasteiger partial charge in [-0.15, -0.1) is 0 Å². The molecule has 5 nitrogen and oxygen atoms in total. The normalized spacial score (nSPS) is 19.2. The highest BCUT2D eigenvalue weighted by Gasteiger charge is 2.35. The number of nitrogens with one attached hydrogen (secondary N) is 2. The third-order valence-electron chi connectivity index (χ3n) is 4.94. The number of rotatable bonds is 5. The van der Waals surface area contributed by atoms with Gasteiger partial charge in [0.25, 0.3) is 0 Å². The fraction of sp³-hybridized carbons (Fsp3) is 0.474. The summed E-state index contributed by atoms with van der Waals surface area (Å²) in [5, 5.41) is 10.3. The molecule has 0 bridgehead atoms. The van der Waals surface area contributed by atoms with Crippen molar-refractivity contribution < 1.29 is 4.79 Å². The van der Waals surface area contributed by atoms with Crippen LogP contribution >= 0.6 is 0 Å². The minimum Gasteiger partial charge on any atom is -0.335 e. The van der Waals surface area contributed by atoms with Gasteiger partial charge >= 0.3 is 6.03 Å². The van der Waals surface area contributed by atoms with Crippen LogP contribution in [-0.4, -0.2) is 21.9 Å². The number of hydrogen-bond acceptors (Lipinski definition) is 2. The standard InChI is InChI=1S/C19H26N4O/c1-19(2)10-3-5-17(19)22-18(24)20-13-15-6-8-16(9-7-15)14-23-12-4-11-21-23/h4,6-9,11-12,17H,3,5,10,13-14H2,1-2H3,(H2,20,22,24). The molecule has 2 N–H and O–H groups in total. The van der Waals surface area contributed by atoms with Gasteiger partial charge in [-0.05, 0) is 35.4 Å². The van der Waals surface area contributed by atoms with Crippen molar-refractivity contribution in [3.05, 3.63) is 53.9 Å². The van der Waals surface area contributed by atoms with Crippen LogP contribution in [0.4, 0.5) is 4.79 Å². The lowest BCUT2D eigenvalue weighted by atomic mass is 9.87. The van der Waals surface area contributed by atoms with E-state index in [4.69, 9.17) is 0 Å². The predicted octanol–water partition coefficient (Wildman–Crippen LogP) is 3.31. The number of aromatic nitrogens is 2. The van der Waals surface area contributed by atoms with Crippen LogP contribution in [0.2, 0.25) is 0 Å². The maximum atomic E-state index is 12.1. The summed E-state index contributed by atoms with van der Waals surface area (Å²) in [5.74, 6) is 0. The molecule has 5 heteroatoms. The number of urea groups is 1. The predicted molar refractivity (Wildman–Crippen MR) is 94.6 cm³/mol. The molecule has 3 rings (SSSR count). The molecular weight excluding hydrogens is 300 g/mol. The molecule has 0 aliphatic heterocycles. The second-order valence-corrected chi connectivity index (χ2v) is 7.28. The van der Waals surface area contributed by atoms with Crippen molar-refractivity contribution in [1.29, 1.82) is 0 Å². The van der Waals surface area contributed by atoms with E-state index in [1.807, 2.05) is 16.9 Å². The molecule has 0 radical (unpaired) electrons. The molecule has 0 spiro atoms. The first kappa shape index (κ1) is 16.6. The number of carbonyl (C=O) groups excluding carboxylic acids is 1. The lowest BCUT2D eigenvalue weighted by molar-refractivity contribution is 0.222. The maximum absolute atomic E-state index is 12.1. The Kier molecular flexibility index (Phi) is 4.88. The Morgan fingerprint density at radius 3 is 2.67 bits per heavy atom. The quantitative estimate of drug-likeness (QED) is 0.885. The number of carbonyl (C=O) groups is 1. The number of benzene rings is 1. The Morgan fingerprint density at radius 1 is 1.29 bits per heavy atom. The average molecular weight is 326 g/mol. The van der Waals surface area contributed by atoms with E-state index < -0.39 is 0 Å². The van der Waals surface area contributed by atoms with Crippen LogP contribution < -0.4 is 10.6 Å². The van der Waals surface area contributed by atoms with Gasteiger partial charge in [0.2, 0.25) is 0 Å². The second-order valence-electron chi connectivity index (χ2n) is 7.28. The highest BCUT2D eigenvalue weighted by Crippen LogP contribution is 2.37. The molecule has 1 aliphatic carbocycles. The molecule has 1 heterocycles. The fourth-order valence-electron chi connectivity index (χ4n) is 3.33. The summed E-state index contributed by atoms with van der Waals surface area (Å²) in [6.07, 6.45) is 7.17. The van der Waals surface area contributed by atoms with Crippen LogP contribution in [0.3, 0.4) is 0 Å². The number of nitrogens with zero attached hydrogens (tertiary/aromatic N) is 2. The first-order valence-electron chi connectivity index (χ1n) is 8.62. The molecule has 24 heavy (non-hydrogen) atoms. The topological polar surface area (TPSA) is 59.0 Å². The molecule has 2 aromatic rings. The highest BCUT2D eigenvalue weighted by atomic mass is 16.2. The van der Waals surface area contributed by atoms with E-state index in [1.165, 1.54) is 18.4 Å². The van der Waals surface area contributed by atoms with Crippen LogP contribution in [0.15, 0.2) is 42.7 Å². The van der Waals surface area contributed by atoms with Crippen LogP contribution in [0.1, 0.15) is 44.2 Å². The monoisotopic (exact) mass is 326 g/mol. The van der Waals surface area contributed by atoms with Gasteiger partial charge in [0.1, 0.15) is 0 Å². The van der Waals surface area contributed by atoms with Crippen LogP contribution in [0.5, 0.6) is 0 Å². The Morgan fingerprint density at radius 2 is 2.04 bits per heavy atom. The van der Waals surface area contributed by atoms with Crippen molar-refractivity contribution in [2.24, 2.45) is 5.41 Å². The van der Waals surface area contributed by atoms with Crippen molar-refractivity contribution in [3.63, 3.8) is 0 Å². The van der Waals surface area contributed by atoms with Gasteiger partial charge in [-0.2, -0.15) is 5.10 Å². The summed E-state index contributed by atoms with van der Waals surface area (Å²) in [4.78, 5) is 12.1.